The number of urea groups is 1. The van der Waals surface area contributed by atoms with E-state index in [1.165, 1.54) is 13.0 Å². The molecule has 0 heterocycles. The minimum atomic E-state index is -0.903. The first-order valence-electron chi connectivity index (χ1n) is 6.20. The highest BCUT2D eigenvalue weighted by Crippen LogP contribution is 2.27. The van der Waals surface area contributed by atoms with Gasteiger partial charge in [0.2, 0.25) is 0 Å². The second-order valence-corrected chi connectivity index (χ2v) is 5.31. The number of anilines is 2. The van der Waals surface area contributed by atoms with E-state index in [0.29, 0.717) is 17.3 Å². The number of rotatable bonds is 3. The van der Waals surface area contributed by atoms with Crippen LogP contribution in [0.15, 0.2) is 40.9 Å². The molecule has 0 spiro atoms. The van der Waals surface area contributed by atoms with Crippen LogP contribution < -0.4 is 10.6 Å². The number of halogens is 3. The van der Waals surface area contributed by atoms with Gasteiger partial charge in [-0.2, -0.15) is 0 Å². The summed E-state index contributed by atoms with van der Waals surface area (Å²) in [6.45, 7) is 1.41. The summed E-state index contributed by atoms with van der Waals surface area (Å²) in [5.74, 6) is -1.81. The van der Waals surface area contributed by atoms with E-state index in [1.807, 2.05) is 0 Å². The first-order chi connectivity index (χ1) is 10.4. The zero-order valence-corrected chi connectivity index (χ0v) is 13.0. The van der Waals surface area contributed by atoms with E-state index in [0.717, 1.165) is 6.07 Å². The maximum absolute atomic E-state index is 13.6. The van der Waals surface area contributed by atoms with Gasteiger partial charge in [-0.3, -0.25) is 4.79 Å². The highest BCUT2D eigenvalue weighted by atomic mass is 79.9. The van der Waals surface area contributed by atoms with Gasteiger partial charge in [-0.15, -0.1) is 0 Å². The summed E-state index contributed by atoms with van der Waals surface area (Å²) in [6, 6.07) is 7.29. The monoisotopic (exact) mass is 368 g/mol. The maximum Gasteiger partial charge on any atom is 0.323 e. The number of carbonyl (C=O) groups excluding carboxylic acids is 2. The van der Waals surface area contributed by atoms with Crippen molar-refractivity contribution in [2.24, 2.45) is 0 Å². The van der Waals surface area contributed by atoms with Crippen LogP contribution in [-0.2, 0) is 0 Å². The zero-order chi connectivity index (χ0) is 16.3. The molecule has 0 aromatic heterocycles. The SMILES string of the molecule is CC(=O)c1cccc(NC(=O)Nc2c(F)cc(F)cc2Br)c1. The van der Waals surface area contributed by atoms with Gasteiger partial charge < -0.3 is 10.6 Å². The van der Waals surface area contributed by atoms with E-state index < -0.39 is 17.7 Å². The fourth-order valence-electron chi connectivity index (χ4n) is 1.75. The number of ketones is 1. The summed E-state index contributed by atoms with van der Waals surface area (Å²) < 4.78 is 26.7. The van der Waals surface area contributed by atoms with E-state index in [1.54, 1.807) is 18.2 Å². The van der Waals surface area contributed by atoms with Crippen molar-refractivity contribution in [3.63, 3.8) is 0 Å². The summed E-state index contributed by atoms with van der Waals surface area (Å²) in [6.07, 6.45) is 0. The normalized spacial score (nSPS) is 10.2. The molecule has 0 aliphatic rings. The lowest BCUT2D eigenvalue weighted by molar-refractivity contribution is 0.101. The molecule has 0 saturated carbocycles. The van der Waals surface area contributed by atoms with Crippen molar-refractivity contribution in [3.05, 3.63) is 58.1 Å². The van der Waals surface area contributed by atoms with Crippen molar-refractivity contribution >= 4 is 39.1 Å². The first kappa shape index (κ1) is 16.1. The van der Waals surface area contributed by atoms with Crippen molar-refractivity contribution in [1.82, 2.24) is 0 Å². The Morgan fingerprint density at radius 1 is 1.09 bits per heavy atom. The molecule has 0 aliphatic heterocycles. The van der Waals surface area contributed by atoms with Gasteiger partial charge in [0, 0.05) is 21.8 Å². The van der Waals surface area contributed by atoms with E-state index in [-0.39, 0.29) is 15.9 Å². The van der Waals surface area contributed by atoms with Crippen LogP contribution in [0.25, 0.3) is 0 Å². The molecule has 22 heavy (non-hydrogen) atoms. The molecule has 4 nitrogen and oxygen atoms in total. The Bertz CT molecular complexity index is 727. The summed E-state index contributed by atoms with van der Waals surface area (Å²) in [5, 5.41) is 4.75. The summed E-state index contributed by atoms with van der Waals surface area (Å²) in [5.41, 5.74) is 0.636. The Kier molecular flexibility index (Phi) is 4.87. The average molecular weight is 369 g/mol. The average Bonchev–Trinajstić information content (AvgIpc) is 2.43. The maximum atomic E-state index is 13.6. The molecular weight excluding hydrogens is 358 g/mol. The minimum absolute atomic E-state index is 0.0811. The van der Waals surface area contributed by atoms with Gasteiger partial charge >= 0.3 is 6.03 Å². The Balaban J connectivity index is 2.14. The predicted molar refractivity (Wildman–Crippen MR) is 83.1 cm³/mol. The van der Waals surface area contributed by atoms with Gasteiger partial charge in [-0.25, -0.2) is 13.6 Å². The van der Waals surface area contributed by atoms with Crippen molar-refractivity contribution in [1.29, 1.82) is 0 Å². The molecule has 2 aromatic rings. The highest BCUT2D eigenvalue weighted by Gasteiger charge is 2.13. The molecule has 7 heteroatoms. The van der Waals surface area contributed by atoms with Crippen LogP contribution in [0.4, 0.5) is 25.0 Å². The van der Waals surface area contributed by atoms with Gasteiger partial charge in [0.25, 0.3) is 0 Å². The van der Waals surface area contributed by atoms with Crippen LogP contribution in [0, 0.1) is 11.6 Å². The minimum Gasteiger partial charge on any atom is -0.308 e. The summed E-state index contributed by atoms with van der Waals surface area (Å²) >= 11 is 2.98. The molecule has 2 amide bonds. The molecule has 0 radical (unpaired) electrons. The standard InChI is InChI=1S/C15H11BrF2N2O2/c1-8(21)9-3-2-4-11(5-9)19-15(22)20-14-12(16)6-10(17)7-13(14)18/h2-7H,1H3,(H2,19,20,22). The van der Waals surface area contributed by atoms with Gasteiger partial charge in [0.05, 0.1) is 5.69 Å². The third kappa shape index (κ3) is 3.88. The number of amides is 2. The van der Waals surface area contributed by atoms with Crippen LogP contribution in [0.5, 0.6) is 0 Å². The van der Waals surface area contributed by atoms with Crippen molar-refractivity contribution in [2.45, 2.75) is 6.92 Å². The Morgan fingerprint density at radius 2 is 1.82 bits per heavy atom. The van der Waals surface area contributed by atoms with Crippen LogP contribution >= 0.6 is 15.9 Å². The Morgan fingerprint density at radius 3 is 2.45 bits per heavy atom. The zero-order valence-electron chi connectivity index (χ0n) is 11.4. The molecule has 114 valence electrons. The third-order valence-electron chi connectivity index (χ3n) is 2.77. The number of carbonyl (C=O) groups is 2. The van der Waals surface area contributed by atoms with Crippen molar-refractivity contribution < 1.29 is 18.4 Å². The largest absolute Gasteiger partial charge is 0.323 e. The summed E-state index contributed by atoms with van der Waals surface area (Å²) in [4.78, 5) is 23.1. The quantitative estimate of drug-likeness (QED) is 0.779. The van der Waals surface area contributed by atoms with Crippen LogP contribution in [0.3, 0.4) is 0 Å². The first-order valence-corrected chi connectivity index (χ1v) is 6.99. The van der Waals surface area contributed by atoms with Gasteiger partial charge in [0.15, 0.2) is 11.6 Å². The lowest BCUT2D eigenvalue weighted by atomic mass is 10.1. The van der Waals surface area contributed by atoms with Crippen LogP contribution in [0.2, 0.25) is 0 Å². The number of Topliss-reactive ketones (excluding diaryl/α,β-unsaturated/α-hetero) is 1. The van der Waals surface area contributed by atoms with Gasteiger partial charge in [-0.05, 0) is 41.1 Å². The van der Waals surface area contributed by atoms with Gasteiger partial charge in [-0.1, -0.05) is 12.1 Å². The molecule has 2 aromatic carbocycles. The Labute approximate surface area is 133 Å². The third-order valence-corrected chi connectivity index (χ3v) is 3.40. The van der Waals surface area contributed by atoms with Crippen LogP contribution in [0.1, 0.15) is 17.3 Å². The number of hydrogen-bond acceptors (Lipinski definition) is 2. The molecule has 0 fully saturated rings. The van der Waals surface area contributed by atoms with Crippen molar-refractivity contribution in [2.75, 3.05) is 10.6 Å². The fourth-order valence-corrected chi connectivity index (χ4v) is 2.26. The van der Waals surface area contributed by atoms with Gasteiger partial charge in [0.1, 0.15) is 5.82 Å². The smallest absolute Gasteiger partial charge is 0.308 e. The van der Waals surface area contributed by atoms with E-state index in [9.17, 15) is 18.4 Å². The molecule has 2 N–H and O–H groups in total. The number of hydrogen-bond donors (Lipinski definition) is 2. The lowest BCUT2D eigenvalue weighted by Crippen LogP contribution is -2.20. The Hall–Kier alpha value is -2.28. The number of benzene rings is 2. The lowest BCUT2D eigenvalue weighted by Gasteiger charge is -2.10. The second kappa shape index (κ2) is 6.65. The highest BCUT2D eigenvalue weighted by molar-refractivity contribution is 9.10. The molecule has 0 saturated heterocycles. The van der Waals surface area contributed by atoms with Crippen molar-refractivity contribution in [3.8, 4) is 0 Å². The molecule has 0 aliphatic carbocycles. The molecule has 0 bridgehead atoms. The molecule has 2 rings (SSSR count). The fraction of sp³-hybridized carbons (Fsp3) is 0.0667. The van der Waals surface area contributed by atoms with Crippen LogP contribution in [-0.4, -0.2) is 11.8 Å². The second-order valence-electron chi connectivity index (χ2n) is 4.46. The van der Waals surface area contributed by atoms with E-state index in [4.69, 9.17) is 0 Å². The van der Waals surface area contributed by atoms with E-state index in [2.05, 4.69) is 26.6 Å². The molecular formula is C15H11BrF2N2O2. The topological polar surface area (TPSA) is 58.2 Å². The van der Waals surface area contributed by atoms with E-state index >= 15 is 0 Å². The molecule has 0 atom stereocenters. The molecule has 0 unspecified atom stereocenters. The summed E-state index contributed by atoms with van der Waals surface area (Å²) in [7, 11) is 0. The predicted octanol–water partition coefficient (Wildman–Crippen LogP) is 4.57. The number of nitrogens with one attached hydrogen (secondary N) is 2.